The van der Waals surface area contributed by atoms with Crippen molar-refractivity contribution < 1.29 is 19.4 Å². The molecule has 0 unspecified atom stereocenters. The van der Waals surface area contributed by atoms with E-state index < -0.39 is 11.4 Å². The highest BCUT2D eigenvalue weighted by atomic mass is 16.5. The Morgan fingerprint density at radius 3 is 2.29 bits per heavy atom. The summed E-state index contributed by atoms with van der Waals surface area (Å²) in [6.07, 6.45) is -0.0791. The van der Waals surface area contributed by atoms with Crippen molar-refractivity contribution in [2.24, 2.45) is 5.41 Å². The van der Waals surface area contributed by atoms with Crippen LogP contribution in [-0.4, -0.2) is 23.1 Å². The van der Waals surface area contributed by atoms with Gasteiger partial charge in [-0.15, -0.1) is 0 Å². The van der Waals surface area contributed by atoms with E-state index in [1.54, 1.807) is 27.7 Å². The fraction of sp³-hybridized carbons (Fsp3) is 0.800. The largest absolute Gasteiger partial charge is 0.481 e. The molecule has 0 rings (SSSR count). The van der Waals surface area contributed by atoms with Crippen molar-refractivity contribution in [1.82, 2.24) is 0 Å². The van der Waals surface area contributed by atoms with Gasteiger partial charge in [-0.1, -0.05) is 20.8 Å². The minimum Gasteiger partial charge on any atom is -0.481 e. The van der Waals surface area contributed by atoms with Gasteiger partial charge in [-0.05, 0) is 6.92 Å². The van der Waals surface area contributed by atoms with Gasteiger partial charge in [0.1, 0.15) is 6.10 Å². The van der Waals surface area contributed by atoms with Crippen LogP contribution in [0, 0.1) is 5.41 Å². The van der Waals surface area contributed by atoms with Crippen molar-refractivity contribution in [2.45, 2.75) is 46.6 Å². The number of ether oxygens (including phenoxy) is 1. The highest BCUT2D eigenvalue weighted by Crippen LogP contribution is 2.27. The zero-order chi connectivity index (χ0) is 11.4. The average Bonchev–Trinajstić information content (AvgIpc) is 2.01. The van der Waals surface area contributed by atoms with Crippen LogP contribution in [0.3, 0.4) is 0 Å². The molecule has 0 aliphatic heterocycles. The zero-order valence-electron chi connectivity index (χ0n) is 9.16. The van der Waals surface area contributed by atoms with Crippen LogP contribution in [0.2, 0.25) is 0 Å². The van der Waals surface area contributed by atoms with E-state index >= 15 is 0 Å². The number of esters is 1. The van der Waals surface area contributed by atoms with E-state index in [0.29, 0.717) is 6.42 Å². The second-order valence-corrected chi connectivity index (χ2v) is 4.04. The Balaban J connectivity index is 4.27. The smallest absolute Gasteiger partial charge is 0.305 e. The molecule has 0 radical (unpaired) electrons. The molecule has 0 spiro atoms. The second-order valence-electron chi connectivity index (χ2n) is 4.04. The average molecular weight is 202 g/mol. The predicted molar refractivity (Wildman–Crippen MR) is 51.9 cm³/mol. The highest BCUT2D eigenvalue weighted by Gasteiger charge is 2.31. The molecule has 1 atom stereocenters. The molecule has 0 fully saturated rings. The predicted octanol–water partition coefficient (Wildman–Crippen LogP) is 1.83. The zero-order valence-corrected chi connectivity index (χ0v) is 9.16. The van der Waals surface area contributed by atoms with E-state index in [2.05, 4.69) is 0 Å². The topological polar surface area (TPSA) is 63.6 Å². The van der Waals surface area contributed by atoms with Gasteiger partial charge in [0.2, 0.25) is 0 Å². The van der Waals surface area contributed by atoms with Crippen molar-refractivity contribution >= 4 is 11.9 Å². The summed E-state index contributed by atoms with van der Waals surface area (Å²) in [5.41, 5.74) is -0.531. The summed E-state index contributed by atoms with van der Waals surface area (Å²) < 4.78 is 5.06. The fourth-order valence-corrected chi connectivity index (χ4v) is 0.974. The summed E-state index contributed by atoms with van der Waals surface area (Å²) in [7, 11) is 0. The second kappa shape index (κ2) is 4.98. The number of carboxylic acid groups (broad SMARTS) is 1. The van der Waals surface area contributed by atoms with E-state index in [4.69, 9.17) is 9.84 Å². The summed E-state index contributed by atoms with van der Waals surface area (Å²) in [4.78, 5) is 21.5. The first-order chi connectivity index (χ1) is 6.29. The molecular formula is C10H18O4. The molecule has 4 nitrogen and oxygen atoms in total. The normalized spacial score (nSPS) is 13.4. The molecule has 0 saturated carbocycles. The molecule has 0 aromatic heterocycles. The molecule has 0 saturated heterocycles. The third-order valence-corrected chi connectivity index (χ3v) is 2.30. The number of carbonyl (C=O) groups excluding carboxylic acids is 1. The first-order valence-electron chi connectivity index (χ1n) is 4.71. The van der Waals surface area contributed by atoms with Gasteiger partial charge in [0.05, 0.1) is 6.42 Å². The first-order valence-corrected chi connectivity index (χ1v) is 4.71. The molecule has 0 aliphatic carbocycles. The van der Waals surface area contributed by atoms with Crippen molar-refractivity contribution in [3.63, 3.8) is 0 Å². The molecule has 0 aromatic rings. The molecule has 4 heteroatoms. The maximum atomic E-state index is 11.0. The first kappa shape index (κ1) is 12.9. The van der Waals surface area contributed by atoms with Crippen LogP contribution in [0.5, 0.6) is 0 Å². The Labute approximate surface area is 84.3 Å². The van der Waals surface area contributed by atoms with Crippen LogP contribution >= 0.6 is 0 Å². The molecular weight excluding hydrogens is 184 g/mol. The molecule has 14 heavy (non-hydrogen) atoms. The molecule has 1 N–H and O–H groups in total. The fourth-order valence-electron chi connectivity index (χ4n) is 0.974. The number of carbonyl (C=O) groups is 2. The van der Waals surface area contributed by atoms with Gasteiger partial charge in [0, 0.05) is 11.8 Å². The van der Waals surface area contributed by atoms with Crippen LogP contribution in [0.15, 0.2) is 0 Å². The van der Waals surface area contributed by atoms with Gasteiger partial charge in [-0.25, -0.2) is 0 Å². The van der Waals surface area contributed by atoms with Crippen LogP contribution in [-0.2, 0) is 14.3 Å². The van der Waals surface area contributed by atoms with Gasteiger partial charge >= 0.3 is 11.9 Å². The van der Waals surface area contributed by atoms with Gasteiger partial charge < -0.3 is 9.84 Å². The van der Waals surface area contributed by atoms with Crippen molar-refractivity contribution in [1.29, 1.82) is 0 Å². The van der Waals surface area contributed by atoms with E-state index in [-0.39, 0.29) is 18.5 Å². The number of carboxylic acids is 1. The lowest BCUT2D eigenvalue weighted by molar-refractivity contribution is -0.157. The lowest BCUT2D eigenvalue weighted by Crippen LogP contribution is -2.33. The Morgan fingerprint density at radius 2 is 1.93 bits per heavy atom. The van der Waals surface area contributed by atoms with Crippen LogP contribution in [0.4, 0.5) is 0 Å². The van der Waals surface area contributed by atoms with Gasteiger partial charge in [0.25, 0.3) is 0 Å². The third kappa shape index (κ3) is 4.25. The summed E-state index contributed by atoms with van der Waals surface area (Å²) in [5.74, 6) is -1.18. The lowest BCUT2D eigenvalue weighted by atomic mass is 9.84. The Hall–Kier alpha value is -1.06. The van der Waals surface area contributed by atoms with Crippen LogP contribution in [0.25, 0.3) is 0 Å². The number of aliphatic carboxylic acids is 1. The van der Waals surface area contributed by atoms with E-state index in [9.17, 15) is 9.59 Å². The number of hydrogen-bond acceptors (Lipinski definition) is 3. The van der Waals surface area contributed by atoms with E-state index in [1.807, 2.05) is 0 Å². The van der Waals surface area contributed by atoms with Gasteiger partial charge in [0.15, 0.2) is 0 Å². The van der Waals surface area contributed by atoms with Crippen molar-refractivity contribution in [3.05, 3.63) is 0 Å². The molecule has 0 amide bonds. The van der Waals surface area contributed by atoms with Crippen molar-refractivity contribution in [3.8, 4) is 0 Å². The minimum absolute atomic E-state index is 0.00877. The minimum atomic E-state index is -0.880. The monoisotopic (exact) mass is 202 g/mol. The van der Waals surface area contributed by atoms with Crippen molar-refractivity contribution in [2.75, 3.05) is 0 Å². The number of rotatable bonds is 5. The van der Waals surface area contributed by atoms with Gasteiger partial charge in [-0.3, -0.25) is 9.59 Å². The maximum absolute atomic E-state index is 11.0. The standard InChI is InChI=1S/C10H18O4/c1-5-9(13)14-7(2)10(3,4)6-8(11)12/h7H,5-6H2,1-4H3,(H,11,12)/t7-/m1/s1. The third-order valence-electron chi connectivity index (χ3n) is 2.30. The molecule has 82 valence electrons. The molecule has 0 heterocycles. The summed E-state index contributed by atoms with van der Waals surface area (Å²) in [6, 6.07) is 0. The highest BCUT2D eigenvalue weighted by molar-refractivity contribution is 5.70. The molecule has 0 aliphatic rings. The summed E-state index contributed by atoms with van der Waals surface area (Å²) >= 11 is 0. The molecule has 0 bridgehead atoms. The van der Waals surface area contributed by atoms with E-state index in [0.717, 1.165) is 0 Å². The Kier molecular flexibility index (Phi) is 4.60. The summed E-state index contributed by atoms with van der Waals surface area (Å²) in [6.45, 7) is 6.97. The number of hydrogen-bond donors (Lipinski definition) is 1. The SMILES string of the molecule is CCC(=O)O[C@H](C)C(C)(C)CC(=O)O. The van der Waals surface area contributed by atoms with Crippen LogP contribution < -0.4 is 0 Å². The maximum Gasteiger partial charge on any atom is 0.305 e. The van der Waals surface area contributed by atoms with Gasteiger partial charge in [-0.2, -0.15) is 0 Å². The Morgan fingerprint density at radius 1 is 1.43 bits per heavy atom. The van der Waals surface area contributed by atoms with E-state index in [1.165, 1.54) is 0 Å². The van der Waals surface area contributed by atoms with Crippen LogP contribution in [0.1, 0.15) is 40.5 Å². The Bertz CT molecular complexity index is 220. The molecule has 0 aromatic carbocycles. The quantitative estimate of drug-likeness (QED) is 0.691. The summed E-state index contributed by atoms with van der Waals surface area (Å²) in [5, 5.41) is 8.65. The lowest BCUT2D eigenvalue weighted by Gasteiger charge is -2.29.